The average molecular weight is 482 g/mol. The highest BCUT2D eigenvalue weighted by atomic mass is 32.2. The van der Waals surface area contributed by atoms with Crippen molar-refractivity contribution < 1.29 is 17.4 Å². The van der Waals surface area contributed by atoms with Gasteiger partial charge in [0.1, 0.15) is 0 Å². The van der Waals surface area contributed by atoms with Crippen LogP contribution in [0.2, 0.25) is 0 Å². The van der Waals surface area contributed by atoms with E-state index in [1.807, 2.05) is 13.8 Å². The zero-order chi connectivity index (χ0) is 23.8. The van der Waals surface area contributed by atoms with Crippen LogP contribution in [0.25, 0.3) is 11.3 Å². The number of rotatable bonds is 3. The van der Waals surface area contributed by atoms with Gasteiger partial charge in [0.15, 0.2) is 0 Å². The monoisotopic (exact) mass is 481 g/mol. The Bertz CT molecular complexity index is 979. The standard InChI is InChI=1S/C13H13F3N2.C12H21NOS/c1-9(2)18-7-6-12(17-18)10-4-3-5-11(8-10)13(14,15)16;1-10-2-3-11(6-10)13-5-4-12(7-13)8-15(14)9-12/h3-9H,1-2H3;10-11H,2-9H2,1H3. The number of hydrogen-bond donors (Lipinski definition) is 0. The fourth-order valence-corrected chi connectivity index (χ4v) is 7.05. The molecule has 182 valence electrons. The van der Waals surface area contributed by atoms with Gasteiger partial charge in [0, 0.05) is 58.1 Å². The maximum absolute atomic E-state index is 12.6. The predicted octanol–water partition coefficient (Wildman–Crippen LogP) is 5.78. The van der Waals surface area contributed by atoms with Gasteiger partial charge in [-0.1, -0.05) is 19.1 Å². The molecule has 2 aliphatic heterocycles. The molecule has 8 heteroatoms. The second kappa shape index (κ2) is 9.53. The molecular formula is C25H34F3N3OS. The summed E-state index contributed by atoms with van der Waals surface area (Å²) in [5, 5.41) is 4.25. The lowest BCUT2D eigenvalue weighted by molar-refractivity contribution is -0.137. The zero-order valence-corrected chi connectivity index (χ0v) is 20.5. The quantitative estimate of drug-likeness (QED) is 0.558. The molecule has 3 aliphatic rings. The lowest BCUT2D eigenvalue weighted by atomic mass is 9.91. The Morgan fingerprint density at radius 1 is 1.18 bits per heavy atom. The van der Waals surface area contributed by atoms with Gasteiger partial charge in [-0.25, -0.2) is 0 Å². The summed E-state index contributed by atoms with van der Waals surface area (Å²) in [6, 6.07) is 7.96. The number of hydrogen-bond acceptors (Lipinski definition) is 3. The first-order chi connectivity index (χ1) is 15.5. The SMILES string of the molecule is CC(C)n1ccc(-c2cccc(C(F)(F)F)c2)n1.CC1CCC(N2CCC3(C2)CS(=O)C3)C1. The van der Waals surface area contributed by atoms with Gasteiger partial charge in [0.2, 0.25) is 0 Å². The molecule has 2 saturated heterocycles. The van der Waals surface area contributed by atoms with Crippen molar-refractivity contribution >= 4 is 10.8 Å². The van der Waals surface area contributed by atoms with Gasteiger partial charge in [0.05, 0.1) is 11.3 Å². The highest BCUT2D eigenvalue weighted by Crippen LogP contribution is 2.42. The molecule has 1 spiro atoms. The molecule has 2 aromatic rings. The van der Waals surface area contributed by atoms with Crippen molar-refractivity contribution in [1.29, 1.82) is 0 Å². The number of aromatic nitrogens is 2. The first-order valence-corrected chi connectivity index (χ1v) is 13.4. The minimum absolute atomic E-state index is 0.185. The second-order valence-corrected chi connectivity index (χ2v) is 11.8. The van der Waals surface area contributed by atoms with E-state index < -0.39 is 22.5 Å². The van der Waals surface area contributed by atoms with E-state index in [-0.39, 0.29) is 6.04 Å². The Labute approximate surface area is 197 Å². The van der Waals surface area contributed by atoms with Gasteiger partial charge in [-0.3, -0.25) is 13.8 Å². The third-order valence-electron chi connectivity index (χ3n) is 7.21. The highest BCUT2D eigenvalue weighted by Gasteiger charge is 2.49. The van der Waals surface area contributed by atoms with E-state index in [9.17, 15) is 17.4 Å². The summed E-state index contributed by atoms with van der Waals surface area (Å²) in [6.07, 6.45) is 2.97. The number of benzene rings is 1. The van der Waals surface area contributed by atoms with Crippen molar-refractivity contribution in [3.8, 4) is 11.3 Å². The van der Waals surface area contributed by atoms with Crippen molar-refractivity contribution in [1.82, 2.24) is 14.7 Å². The molecule has 4 nitrogen and oxygen atoms in total. The van der Waals surface area contributed by atoms with Crippen LogP contribution in [0.4, 0.5) is 13.2 Å². The normalized spacial score (nSPS) is 29.8. The number of likely N-dealkylation sites (tertiary alicyclic amines) is 1. The van der Waals surface area contributed by atoms with Crippen molar-refractivity contribution in [2.45, 2.75) is 64.7 Å². The van der Waals surface area contributed by atoms with Crippen LogP contribution in [0.5, 0.6) is 0 Å². The van der Waals surface area contributed by atoms with Gasteiger partial charge in [-0.2, -0.15) is 18.3 Å². The fourth-order valence-electron chi connectivity index (χ4n) is 5.30. The Hall–Kier alpha value is -1.67. The van der Waals surface area contributed by atoms with Crippen LogP contribution in [0.1, 0.15) is 58.1 Å². The lowest BCUT2D eigenvalue weighted by Crippen LogP contribution is -2.47. The highest BCUT2D eigenvalue weighted by molar-refractivity contribution is 7.86. The van der Waals surface area contributed by atoms with E-state index in [4.69, 9.17) is 0 Å². The van der Waals surface area contributed by atoms with E-state index in [1.54, 1.807) is 23.0 Å². The lowest BCUT2D eigenvalue weighted by Gasteiger charge is -2.37. The van der Waals surface area contributed by atoms with Gasteiger partial charge in [-0.05, 0) is 70.2 Å². The van der Waals surface area contributed by atoms with Crippen LogP contribution in [0, 0.1) is 11.3 Å². The summed E-state index contributed by atoms with van der Waals surface area (Å²) in [4.78, 5) is 2.69. The maximum atomic E-state index is 12.6. The largest absolute Gasteiger partial charge is 0.416 e. The summed E-state index contributed by atoms with van der Waals surface area (Å²) in [7, 11) is -0.471. The molecule has 1 aliphatic carbocycles. The number of halogens is 3. The van der Waals surface area contributed by atoms with E-state index in [2.05, 4.69) is 16.9 Å². The van der Waals surface area contributed by atoms with Crippen molar-refractivity contribution in [3.05, 3.63) is 42.1 Å². The third kappa shape index (κ3) is 5.70. The molecule has 1 aromatic carbocycles. The van der Waals surface area contributed by atoms with E-state index >= 15 is 0 Å². The van der Waals surface area contributed by atoms with Crippen molar-refractivity contribution in [2.24, 2.45) is 11.3 Å². The molecule has 0 radical (unpaired) electrons. The smallest absolute Gasteiger partial charge is 0.300 e. The summed E-state index contributed by atoms with van der Waals surface area (Å²) in [5.74, 6) is 2.92. The minimum Gasteiger partial charge on any atom is -0.300 e. The molecule has 3 heterocycles. The summed E-state index contributed by atoms with van der Waals surface area (Å²) >= 11 is 0. The Kier molecular flexibility index (Phi) is 7.06. The molecule has 2 unspecified atom stereocenters. The van der Waals surface area contributed by atoms with Crippen LogP contribution in [-0.2, 0) is 17.0 Å². The number of alkyl halides is 3. The molecular weight excluding hydrogens is 447 g/mol. The van der Waals surface area contributed by atoms with Crippen molar-refractivity contribution in [2.75, 3.05) is 24.6 Å². The average Bonchev–Trinajstić information content (AvgIpc) is 3.47. The molecule has 1 aromatic heterocycles. The summed E-state index contributed by atoms with van der Waals surface area (Å²) in [5.41, 5.74) is 0.856. The summed E-state index contributed by atoms with van der Waals surface area (Å²) < 4.78 is 50.7. The molecule has 0 amide bonds. The van der Waals surface area contributed by atoms with Crippen LogP contribution in [-0.4, -0.2) is 49.5 Å². The first-order valence-electron chi connectivity index (χ1n) is 11.9. The van der Waals surface area contributed by atoms with E-state index in [0.717, 1.165) is 35.6 Å². The summed E-state index contributed by atoms with van der Waals surface area (Å²) in [6.45, 7) is 8.82. The first kappa shape index (κ1) is 24.5. The maximum Gasteiger partial charge on any atom is 0.416 e. The molecule has 33 heavy (non-hydrogen) atoms. The van der Waals surface area contributed by atoms with Gasteiger partial charge in [0.25, 0.3) is 0 Å². The van der Waals surface area contributed by atoms with Crippen LogP contribution < -0.4 is 0 Å². The van der Waals surface area contributed by atoms with E-state index in [0.29, 0.717) is 16.7 Å². The topological polar surface area (TPSA) is 38.1 Å². The Balaban J connectivity index is 0.000000159. The minimum atomic E-state index is -4.32. The molecule has 0 bridgehead atoms. The van der Waals surface area contributed by atoms with Gasteiger partial charge in [-0.15, -0.1) is 0 Å². The predicted molar refractivity (Wildman–Crippen MR) is 126 cm³/mol. The molecule has 2 atom stereocenters. The molecule has 1 saturated carbocycles. The molecule has 5 rings (SSSR count). The zero-order valence-electron chi connectivity index (χ0n) is 19.6. The number of nitrogens with zero attached hydrogens (tertiary/aromatic N) is 3. The van der Waals surface area contributed by atoms with Crippen LogP contribution in [0.3, 0.4) is 0 Å². The molecule has 3 fully saturated rings. The Morgan fingerprint density at radius 3 is 2.52 bits per heavy atom. The van der Waals surface area contributed by atoms with Gasteiger partial charge < -0.3 is 0 Å². The third-order valence-corrected chi connectivity index (χ3v) is 9.08. The van der Waals surface area contributed by atoms with Crippen LogP contribution >= 0.6 is 0 Å². The van der Waals surface area contributed by atoms with E-state index in [1.165, 1.54) is 44.8 Å². The molecule has 0 N–H and O–H groups in total. The Morgan fingerprint density at radius 2 is 1.94 bits per heavy atom. The van der Waals surface area contributed by atoms with Gasteiger partial charge >= 0.3 is 6.18 Å². The second-order valence-electron chi connectivity index (χ2n) is 10.4. The fraction of sp³-hybridized carbons (Fsp3) is 0.640. The van der Waals surface area contributed by atoms with Crippen LogP contribution in [0.15, 0.2) is 36.5 Å². The van der Waals surface area contributed by atoms with Crippen molar-refractivity contribution in [3.63, 3.8) is 0 Å².